The number of hydrogen-bond donors (Lipinski definition) is 2. The lowest BCUT2D eigenvalue weighted by molar-refractivity contribution is -0.127. The van der Waals surface area contributed by atoms with E-state index < -0.39 is 0 Å². The maximum atomic E-state index is 12.0. The van der Waals surface area contributed by atoms with E-state index >= 15 is 0 Å². The lowest BCUT2D eigenvalue weighted by Crippen LogP contribution is -2.30. The molecule has 2 aromatic rings. The van der Waals surface area contributed by atoms with E-state index in [0.29, 0.717) is 5.69 Å². The Morgan fingerprint density at radius 2 is 1.78 bits per heavy atom. The Labute approximate surface area is 144 Å². The molecule has 2 amide bonds. The zero-order valence-electron chi connectivity index (χ0n) is 13.1. The molecule has 5 heteroatoms. The molecule has 2 rings (SSSR count). The van der Waals surface area contributed by atoms with Crippen molar-refractivity contribution < 1.29 is 9.59 Å². The molecule has 4 nitrogen and oxygen atoms in total. The highest BCUT2D eigenvalue weighted by atomic mass is 79.9. The number of rotatable bonds is 5. The van der Waals surface area contributed by atoms with Crippen molar-refractivity contribution in [3.63, 3.8) is 0 Å². The number of halogens is 1. The smallest absolute Gasteiger partial charge is 0.233 e. The van der Waals surface area contributed by atoms with Crippen molar-refractivity contribution in [2.24, 2.45) is 0 Å². The first-order valence-electron chi connectivity index (χ1n) is 7.36. The fraction of sp³-hybridized carbons (Fsp3) is 0.222. The largest absolute Gasteiger partial charge is 0.349 e. The summed E-state index contributed by atoms with van der Waals surface area (Å²) < 4.78 is 0.795. The van der Waals surface area contributed by atoms with Crippen LogP contribution in [-0.2, 0) is 9.59 Å². The summed E-state index contributed by atoms with van der Waals surface area (Å²) in [6.07, 6.45) is -0.211. The maximum absolute atomic E-state index is 12.0. The van der Waals surface area contributed by atoms with Crippen molar-refractivity contribution in [1.82, 2.24) is 5.32 Å². The number of carbonyl (C=O) groups is 2. The number of anilines is 1. The van der Waals surface area contributed by atoms with Crippen molar-refractivity contribution >= 4 is 33.4 Å². The highest BCUT2D eigenvalue weighted by molar-refractivity contribution is 9.10. The summed E-state index contributed by atoms with van der Waals surface area (Å²) in [5.74, 6) is -0.644. The van der Waals surface area contributed by atoms with E-state index in [0.717, 1.165) is 15.6 Å². The third kappa shape index (κ3) is 5.21. The minimum Gasteiger partial charge on any atom is -0.349 e. The quantitative estimate of drug-likeness (QED) is 0.778. The van der Waals surface area contributed by atoms with Crippen molar-refractivity contribution in [3.05, 3.63) is 64.1 Å². The van der Waals surface area contributed by atoms with Crippen LogP contribution in [0.3, 0.4) is 0 Å². The topological polar surface area (TPSA) is 58.2 Å². The predicted octanol–water partition coefficient (Wildman–Crippen LogP) is 3.96. The van der Waals surface area contributed by atoms with E-state index in [1.54, 1.807) is 0 Å². The molecule has 0 aliphatic rings. The lowest BCUT2D eigenvalue weighted by Gasteiger charge is -2.14. The third-order valence-corrected chi connectivity index (χ3v) is 4.05. The van der Waals surface area contributed by atoms with E-state index in [-0.39, 0.29) is 24.3 Å². The Morgan fingerprint density at radius 1 is 1.09 bits per heavy atom. The average Bonchev–Trinajstić information content (AvgIpc) is 2.50. The average molecular weight is 375 g/mol. The molecule has 0 radical (unpaired) electrons. The molecule has 120 valence electrons. The molecular formula is C18H19BrN2O2. The second-order valence-electron chi connectivity index (χ2n) is 5.41. The van der Waals surface area contributed by atoms with Crippen LogP contribution >= 0.6 is 15.9 Å². The minimum atomic E-state index is -0.340. The Morgan fingerprint density at radius 3 is 2.43 bits per heavy atom. The second kappa shape index (κ2) is 7.92. The molecule has 0 spiro atoms. The summed E-state index contributed by atoms with van der Waals surface area (Å²) >= 11 is 3.40. The van der Waals surface area contributed by atoms with Gasteiger partial charge in [-0.1, -0.05) is 36.4 Å². The molecule has 1 unspecified atom stereocenters. The van der Waals surface area contributed by atoms with Crippen LogP contribution in [0.1, 0.15) is 30.5 Å². The van der Waals surface area contributed by atoms with Crippen LogP contribution in [0, 0.1) is 6.92 Å². The van der Waals surface area contributed by atoms with Crippen LogP contribution in [0.25, 0.3) is 0 Å². The molecule has 2 aromatic carbocycles. The first-order valence-corrected chi connectivity index (χ1v) is 8.15. The minimum absolute atomic E-state index is 0.136. The van der Waals surface area contributed by atoms with Crippen LogP contribution < -0.4 is 10.6 Å². The zero-order chi connectivity index (χ0) is 16.8. The van der Waals surface area contributed by atoms with Crippen LogP contribution in [0.4, 0.5) is 5.69 Å². The van der Waals surface area contributed by atoms with Gasteiger partial charge in [-0.05, 0) is 53.0 Å². The molecular weight excluding hydrogens is 356 g/mol. The van der Waals surface area contributed by atoms with E-state index in [1.165, 1.54) is 0 Å². The van der Waals surface area contributed by atoms with Gasteiger partial charge in [0.05, 0.1) is 11.7 Å². The lowest BCUT2D eigenvalue weighted by atomic mass is 10.1. The SMILES string of the molecule is Cc1ccc(NC(=O)CC(=O)NC(C)c2ccccc2)c(Br)c1. The van der Waals surface area contributed by atoms with Gasteiger partial charge in [0.1, 0.15) is 6.42 Å². The molecule has 0 heterocycles. The van der Waals surface area contributed by atoms with E-state index in [9.17, 15) is 9.59 Å². The van der Waals surface area contributed by atoms with Gasteiger partial charge in [0.15, 0.2) is 0 Å². The Hall–Kier alpha value is -2.14. The van der Waals surface area contributed by atoms with Crippen molar-refractivity contribution in [1.29, 1.82) is 0 Å². The number of nitrogens with one attached hydrogen (secondary N) is 2. The number of hydrogen-bond acceptors (Lipinski definition) is 2. The molecule has 2 N–H and O–H groups in total. The fourth-order valence-electron chi connectivity index (χ4n) is 2.18. The first-order chi connectivity index (χ1) is 11.0. The van der Waals surface area contributed by atoms with Crippen molar-refractivity contribution in [2.75, 3.05) is 5.32 Å². The Balaban J connectivity index is 1.88. The summed E-state index contributed by atoms with van der Waals surface area (Å²) in [5, 5.41) is 5.56. The summed E-state index contributed by atoms with van der Waals surface area (Å²) in [5.41, 5.74) is 2.75. The fourth-order valence-corrected chi connectivity index (χ4v) is 2.77. The summed E-state index contributed by atoms with van der Waals surface area (Å²) in [4.78, 5) is 24.0. The van der Waals surface area contributed by atoms with Gasteiger partial charge in [-0.25, -0.2) is 0 Å². The molecule has 23 heavy (non-hydrogen) atoms. The predicted molar refractivity (Wildman–Crippen MR) is 95.1 cm³/mol. The number of benzene rings is 2. The van der Waals surface area contributed by atoms with Crippen LogP contribution in [0.5, 0.6) is 0 Å². The van der Waals surface area contributed by atoms with Gasteiger partial charge >= 0.3 is 0 Å². The van der Waals surface area contributed by atoms with Gasteiger partial charge in [0.25, 0.3) is 0 Å². The molecule has 0 aliphatic carbocycles. The van der Waals surface area contributed by atoms with Gasteiger partial charge in [0, 0.05) is 4.47 Å². The number of carbonyl (C=O) groups excluding carboxylic acids is 2. The summed E-state index contributed by atoms with van der Waals surface area (Å²) in [7, 11) is 0. The molecule has 0 aromatic heterocycles. The van der Waals surface area contributed by atoms with Gasteiger partial charge in [-0.3, -0.25) is 9.59 Å². The summed E-state index contributed by atoms with van der Waals surface area (Å²) in [6.45, 7) is 3.86. The second-order valence-corrected chi connectivity index (χ2v) is 6.26. The molecule has 1 atom stereocenters. The van der Waals surface area contributed by atoms with Gasteiger partial charge in [0.2, 0.25) is 11.8 Å². The first kappa shape index (κ1) is 17.2. The van der Waals surface area contributed by atoms with E-state index in [2.05, 4.69) is 26.6 Å². The standard InChI is InChI=1S/C18H19BrN2O2/c1-12-8-9-16(15(19)10-12)21-18(23)11-17(22)20-13(2)14-6-4-3-5-7-14/h3-10,13H,11H2,1-2H3,(H,20,22)(H,21,23). The number of aryl methyl sites for hydroxylation is 1. The van der Waals surface area contributed by atoms with Crippen molar-refractivity contribution in [3.8, 4) is 0 Å². The van der Waals surface area contributed by atoms with Crippen LogP contribution in [-0.4, -0.2) is 11.8 Å². The van der Waals surface area contributed by atoms with Gasteiger partial charge in [-0.2, -0.15) is 0 Å². The maximum Gasteiger partial charge on any atom is 0.233 e. The van der Waals surface area contributed by atoms with Crippen molar-refractivity contribution in [2.45, 2.75) is 26.3 Å². The Bertz CT molecular complexity index is 701. The monoisotopic (exact) mass is 374 g/mol. The van der Waals surface area contributed by atoms with Gasteiger partial charge in [-0.15, -0.1) is 0 Å². The molecule has 0 saturated heterocycles. The highest BCUT2D eigenvalue weighted by Crippen LogP contribution is 2.23. The Kier molecular flexibility index (Phi) is 5.93. The van der Waals surface area contributed by atoms with Crippen LogP contribution in [0.2, 0.25) is 0 Å². The third-order valence-electron chi connectivity index (χ3n) is 3.40. The molecule has 0 aliphatic heterocycles. The van der Waals surface area contributed by atoms with E-state index in [1.807, 2.05) is 62.4 Å². The molecule has 0 bridgehead atoms. The molecule has 0 fully saturated rings. The van der Waals surface area contributed by atoms with Gasteiger partial charge < -0.3 is 10.6 Å². The number of amides is 2. The van der Waals surface area contributed by atoms with Crippen LogP contribution in [0.15, 0.2) is 53.0 Å². The summed E-state index contributed by atoms with van der Waals surface area (Å²) in [6, 6.07) is 15.1. The highest BCUT2D eigenvalue weighted by Gasteiger charge is 2.14. The normalized spacial score (nSPS) is 11.6. The van der Waals surface area contributed by atoms with E-state index in [4.69, 9.17) is 0 Å². The zero-order valence-corrected chi connectivity index (χ0v) is 14.7. The molecule has 0 saturated carbocycles.